The molecule has 3 aromatic rings. The average Bonchev–Trinajstić information content (AvgIpc) is 2.77. The number of carbonyl (C=O) groups is 1. The Morgan fingerprint density at radius 2 is 1.84 bits per heavy atom. The van der Waals surface area contributed by atoms with E-state index in [0.29, 0.717) is 33.8 Å². The van der Waals surface area contributed by atoms with Gasteiger partial charge in [-0.3, -0.25) is 4.79 Å². The molecule has 0 aliphatic heterocycles. The molecular formula is C26H23BrN2O3. The fourth-order valence-electron chi connectivity index (χ4n) is 3.04. The lowest BCUT2D eigenvalue weighted by molar-refractivity contribution is -0.112. The Balaban J connectivity index is 1.81. The fraction of sp³-hybridized carbons (Fsp3) is 0.154. The van der Waals surface area contributed by atoms with E-state index in [-0.39, 0.29) is 5.57 Å². The van der Waals surface area contributed by atoms with Crippen LogP contribution < -0.4 is 14.8 Å². The number of amides is 1. The van der Waals surface area contributed by atoms with Crippen LogP contribution >= 0.6 is 15.9 Å². The highest BCUT2D eigenvalue weighted by atomic mass is 79.9. The third kappa shape index (κ3) is 5.99. The van der Waals surface area contributed by atoms with Crippen LogP contribution in [-0.4, -0.2) is 13.0 Å². The molecule has 0 bridgehead atoms. The Morgan fingerprint density at radius 1 is 1.09 bits per heavy atom. The first-order chi connectivity index (χ1) is 15.4. The summed E-state index contributed by atoms with van der Waals surface area (Å²) in [5, 5.41) is 12.3. The Hall–Kier alpha value is -3.56. The molecule has 3 rings (SSSR count). The summed E-state index contributed by atoms with van der Waals surface area (Å²) in [6.45, 7) is 4.35. The van der Waals surface area contributed by atoms with Crippen LogP contribution in [0, 0.1) is 25.2 Å². The number of nitrogens with zero attached hydrogens (tertiary/aromatic N) is 1. The number of nitriles is 1. The summed E-state index contributed by atoms with van der Waals surface area (Å²) < 4.78 is 12.1. The highest BCUT2D eigenvalue weighted by molar-refractivity contribution is 9.10. The van der Waals surface area contributed by atoms with Crippen molar-refractivity contribution in [2.24, 2.45) is 0 Å². The minimum absolute atomic E-state index is 0.0196. The van der Waals surface area contributed by atoms with Gasteiger partial charge in [-0.25, -0.2) is 0 Å². The van der Waals surface area contributed by atoms with Crippen LogP contribution in [-0.2, 0) is 11.4 Å². The topological polar surface area (TPSA) is 71.3 Å². The lowest BCUT2D eigenvalue weighted by atomic mass is 10.1. The second-order valence-electron chi connectivity index (χ2n) is 7.30. The van der Waals surface area contributed by atoms with Gasteiger partial charge in [-0.05, 0) is 76.8 Å². The number of hydrogen-bond donors (Lipinski definition) is 1. The maximum atomic E-state index is 12.6. The molecule has 0 saturated heterocycles. The number of halogens is 1. The van der Waals surface area contributed by atoms with E-state index in [0.717, 1.165) is 11.1 Å². The first-order valence-electron chi connectivity index (χ1n) is 9.95. The van der Waals surface area contributed by atoms with Crippen molar-refractivity contribution in [3.05, 3.63) is 93.0 Å². The molecule has 5 nitrogen and oxygen atoms in total. The van der Waals surface area contributed by atoms with Gasteiger partial charge >= 0.3 is 0 Å². The van der Waals surface area contributed by atoms with Crippen LogP contribution in [0.1, 0.15) is 22.3 Å². The van der Waals surface area contributed by atoms with Gasteiger partial charge in [0.15, 0.2) is 11.5 Å². The van der Waals surface area contributed by atoms with Crippen LogP contribution in [0.15, 0.2) is 70.7 Å². The summed E-state index contributed by atoms with van der Waals surface area (Å²) in [5.41, 5.74) is 4.48. The van der Waals surface area contributed by atoms with Gasteiger partial charge in [0.05, 0.1) is 11.6 Å². The first kappa shape index (κ1) is 23.1. The van der Waals surface area contributed by atoms with E-state index in [4.69, 9.17) is 9.47 Å². The Labute approximate surface area is 196 Å². The summed E-state index contributed by atoms with van der Waals surface area (Å²) in [6.07, 6.45) is 1.52. The quantitative estimate of drug-likeness (QED) is 0.316. The normalized spacial score (nSPS) is 10.9. The van der Waals surface area contributed by atoms with Crippen molar-refractivity contribution in [3.63, 3.8) is 0 Å². The number of aryl methyl sites for hydroxylation is 2. The monoisotopic (exact) mass is 490 g/mol. The van der Waals surface area contributed by atoms with Crippen LogP contribution in [0.2, 0.25) is 0 Å². The Bertz CT molecular complexity index is 1190. The zero-order chi connectivity index (χ0) is 23.1. The highest BCUT2D eigenvalue weighted by Crippen LogP contribution is 2.37. The Kier molecular flexibility index (Phi) is 7.69. The third-order valence-electron chi connectivity index (χ3n) is 4.71. The lowest BCUT2D eigenvalue weighted by Crippen LogP contribution is -2.13. The molecule has 0 aromatic heterocycles. The molecular weight excluding hydrogens is 468 g/mol. The van der Waals surface area contributed by atoms with Crippen LogP contribution in [0.5, 0.6) is 11.5 Å². The lowest BCUT2D eigenvalue weighted by Gasteiger charge is -2.14. The van der Waals surface area contributed by atoms with Crippen LogP contribution in [0.25, 0.3) is 6.08 Å². The summed E-state index contributed by atoms with van der Waals surface area (Å²) in [4.78, 5) is 12.6. The van der Waals surface area contributed by atoms with E-state index in [9.17, 15) is 10.1 Å². The molecule has 1 amide bonds. The van der Waals surface area contributed by atoms with Gasteiger partial charge in [-0.15, -0.1) is 0 Å². The molecule has 162 valence electrons. The number of methoxy groups -OCH3 is 1. The minimum atomic E-state index is -0.479. The molecule has 0 atom stereocenters. The maximum absolute atomic E-state index is 12.6. The van der Waals surface area contributed by atoms with E-state index >= 15 is 0 Å². The smallest absolute Gasteiger partial charge is 0.266 e. The number of hydrogen-bond acceptors (Lipinski definition) is 4. The molecule has 3 aromatic carbocycles. The van der Waals surface area contributed by atoms with Gasteiger partial charge in [0.25, 0.3) is 5.91 Å². The number of carbonyl (C=O) groups excluding carboxylic acids is 1. The molecule has 0 saturated carbocycles. The van der Waals surface area contributed by atoms with E-state index in [2.05, 4.69) is 21.2 Å². The molecule has 0 aliphatic carbocycles. The molecule has 0 unspecified atom stereocenters. The van der Waals surface area contributed by atoms with Crippen molar-refractivity contribution in [2.45, 2.75) is 20.5 Å². The molecule has 6 heteroatoms. The van der Waals surface area contributed by atoms with E-state index < -0.39 is 5.91 Å². The number of nitrogens with one attached hydrogen (secondary N) is 1. The van der Waals surface area contributed by atoms with Crippen LogP contribution in [0.4, 0.5) is 5.69 Å². The summed E-state index contributed by atoms with van der Waals surface area (Å²) in [7, 11) is 1.55. The summed E-state index contributed by atoms with van der Waals surface area (Å²) in [6, 6.07) is 21.0. The molecule has 0 spiro atoms. The largest absolute Gasteiger partial charge is 0.493 e. The molecule has 0 aliphatic rings. The molecule has 0 radical (unpaired) electrons. The van der Waals surface area contributed by atoms with Crippen molar-refractivity contribution in [3.8, 4) is 17.6 Å². The maximum Gasteiger partial charge on any atom is 0.266 e. The Morgan fingerprint density at radius 3 is 2.50 bits per heavy atom. The van der Waals surface area contributed by atoms with Crippen molar-refractivity contribution in [1.29, 1.82) is 5.26 Å². The van der Waals surface area contributed by atoms with Gasteiger partial charge < -0.3 is 14.8 Å². The molecule has 0 heterocycles. The predicted octanol–water partition coefficient (Wildman–Crippen LogP) is 6.20. The zero-order valence-corrected chi connectivity index (χ0v) is 19.7. The number of anilines is 1. The van der Waals surface area contributed by atoms with Gasteiger partial charge in [-0.1, -0.05) is 42.0 Å². The van der Waals surface area contributed by atoms with Crippen molar-refractivity contribution in [2.75, 3.05) is 12.4 Å². The minimum Gasteiger partial charge on any atom is -0.493 e. The van der Waals surface area contributed by atoms with Gasteiger partial charge in [0.1, 0.15) is 18.2 Å². The second kappa shape index (κ2) is 10.7. The van der Waals surface area contributed by atoms with Crippen molar-refractivity contribution in [1.82, 2.24) is 0 Å². The third-order valence-corrected chi connectivity index (χ3v) is 5.30. The fourth-order valence-corrected chi connectivity index (χ4v) is 3.61. The van der Waals surface area contributed by atoms with Gasteiger partial charge in [-0.2, -0.15) is 5.26 Å². The number of rotatable bonds is 7. The first-order valence-corrected chi connectivity index (χ1v) is 10.7. The van der Waals surface area contributed by atoms with E-state index in [1.807, 2.05) is 62.4 Å². The summed E-state index contributed by atoms with van der Waals surface area (Å²) in [5.74, 6) is 0.565. The second-order valence-corrected chi connectivity index (χ2v) is 8.16. The highest BCUT2D eigenvalue weighted by Gasteiger charge is 2.14. The molecule has 0 fully saturated rings. The molecule has 32 heavy (non-hydrogen) atoms. The SMILES string of the molecule is COc1cc(/C=C(/C#N)C(=O)Nc2cccc(C)c2)cc(Br)c1OCc1ccc(C)cc1. The van der Waals surface area contributed by atoms with E-state index in [1.165, 1.54) is 11.6 Å². The van der Waals surface area contributed by atoms with Gasteiger partial charge in [0.2, 0.25) is 0 Å². The van der Waals surface area contributed by atoms with Crippen molar-refractivity contribution < 1.29 is 14.3 Å². The number of benzene rings is 3. The average molecular weight is 491 g/mol. The van der Waals surface area contributed by atoms with Gasteiger partial charge in [0, 0.05) is 5.69 Å². The summed E-state index contributed by atoms with van der Waals surface area (Å²) >= 11 is 3.52. The predicted molar refractivity (Wildman–Crippen MR) is 130 cm³/mol. The van der Waals surface area contributed by atoms with Crippen LogP contribution in [0.3, 0.4) is 0 Å². The zero-order valence-electron chi connectivity index (χ0n) is 18.1. The number of ether oxygens (including phenoxy) is 2. The standard InChI is InChI=1S/C26H23BrN2O3/c1-17-7-9-19(10-8-17)16-32-25-23(27)13-20(14-24(25)31-3)12-21(15-28)26(30)29-22-6-4-5-18(2)11-22/h4-14H,16H2,1-3H3,(H,29,30)/b21-12-. The van der Waals surface area contributed by atoms with E-state index in [1.54, 1.807) is 25.3 Å². The van der Waals surface area contributed by atoms with Crippen molar-refractivity contribution >= 4 is 33.6 Å². The molecule has 1 N–H and O–H groups in total.